The fourth-order valence-corrected chi connectivity index (χ4v) is 2.90. The van der Waals surface area contributed by atoms with Crippen molar-refractivity contribution in [3.63, 3.8) is 0 Å². The molecule has 1 heterocycles. The summed E-state index contributed by atoms with van der Waals surface area (Å²) in [6, 6.07) is 14.8. The second-order valence-corrected chi connectivity index (χ2v) is 5.58. The molecule has 0 amide bonds. The van der Waals surface area contributed by atoms with Gasteiger partial charge in [-0.25, -0.2) is 0 Å². The van der Waals surface area contributed by atoms with Gasteiger partial charge in [-0.1, -0.05) is 31.2 Å². The van der Waals surface area contributed by atoms with E-state index in [1.54, 1.807) is 0 Å². The molecular weight excluding hydrogens is 258 g/mol. The third-order valence-electron chi connectivity index (χ3n) is 3.79. The van der Waals surface area contributed by atoms with Crippen molar-refractivity contribution in [2.75, 3.05) is 5.32 Å². The van der Waals surface area contributed by atoms with E-state index in [4.69, 9.17) is 4.42 Å². The Balaban J connectivity index is 1.90. The number of hydrogen-bond acceptors (Lipinski definition) is 2. The first-order valence-corrected chi connectivity index (χ1v) is 7.49. The Hall–Kier alpha value is -2.22. The average molecular weight is 279 g/mol. The fraction of sp³-hybridized carbons (Fsp3) is 0.263. The molecule has 0 fully saturated rings. The lowest BCUT2D eigenvalue weighted by molar-refractivity contribution is 0.551. The summed E-state index contributed by atoms with van der Waals surface area (Å²) in [7, 11) is 0. The summed E-state index contributed by atoms with van der Waals surface area (Å²) in [5, 5.41) is 4.75. The molecule has 2 heteroatoms. The van der Waals surface area contributed by atoms with Crippen LogP contribution in [-0.2, 0) is 13.0 Å². The minimum Gasteiger partial charge on any atom is -0.461 e. The van der Waals surface area contributed by atoms with E-state index in [-0.39, 0.29) is 0 Å². The predicted molar refractivity (Wildman–Crippen MR) is 88.8 cm³/mol. The number of furan rings is 1. The second kappa shape index (κ2) is 5.65. The van der Waals surface area contributed by atoms with E-state index in [1.807, 2.05) is 12.1 Å². The van der Waals surface area contributed by atoms with E-state index >= 15 is 0 Å². The van der Waals surface area contributed by atoms with Crippen LogP contribution in [0.2, 0.25) is 0 Å². The first-order chi connectivity index (χ1) is 10.2. The summed E-state index contributed by atoms with van der Waals surface area (Å²) in [5.41, 5.74) is 5.98. The Morgan fingerprint density at radius 1 is 1.00 bits per heavy atom. The molecule has 3 aromatic rings. The Labute approximate surface area is 125 Å². The highest BCUT2D eigenvalue weighted by atomic mass is 16.3. The van der Waals surface area contributed by atoms with Gasteiger partial charge in [0, 0.05) is 29.6 Å². The van der Waals surface area contributed by atoms with Crippen LogP contribution in [0, 0.1) is 13.8 Å². The average Bonchev–Trinajstić information content (AvgIpc) is 2.82. The van der Waals surface area contributed by atoms with Crippen LogP contribution in [0.5, 0.6) is 0 Å². The summed E-state index contributed by atoms with van der Waals surface area (Å²) >= 11 is 0. The topological polar surface area (TPSA) is 25.2 Å². The van der Waals surface area contributed by atoms with Gasteiger partial charge in [-0.2, -0.15) is 0 Å². The van der Waals surface area contributed by atoms with Gasteiger partial charge >= 0.3 is 0 Å². The molecule has 21 heavy (non-hydrogen) atoms. The van der Waals surface area contributed by atoms with Crippen LogP contribution in [0.1, 0.15) is 29.4 Å². The molecule has 0 saturated carbocycles. The number of nitrogens with one attached hydrogen (secondary N) is 1. The van der Waals surface area contributed by atoms with Crippen molar-refractivity contribution in [2.45, 2.75) is 33.7 Å². The van der Waals surface area contributed by atoms with E-state index in [1.165, 1.54) is 27.8 Å². The van der Waals surface area contributed by atoms with E-state index in [2.05, 4.69) is 56.4 Å². The number of rotatable bonds is 4. The molecule has 0 aliphatic heterocycles. The van der Waals surface area contributed by atoms with E-state index < -0.39 is 0 Å². The second-order valence-electron chi connectivity index (χ2n) is 5.58. The number of anilines is 1. The summed E-state index contributed by atoms with van der Waals surface area (Å²) in [5.74, 6) is 1.08. The van der Waals surface area contributed by atoms with Gasteiger partial charge in [0.15, 0.2) is 0 Å². The Bertz CT molecular complexity index is 750. The zero-order valence-electron chi connectivity index (χ0n) is 12.9. The number of fused-ring (bicyclic) bond motifs is 1. The molecule has 0 aliphatic carbocycles. The standard InChI is InChI=1S/C19H21NO/c1-4-18-17(16-7-5-6-8-19(16)21-18)12-20-15-10-13(2)9-14(3)11-15/h5-11,20H,4,12H2,1-3H3. The molecule has 1 N–H and O–H groups in total. The molecule has 0 saturated heterocycles. The van der Waals surface area contributed by atoms with Gasteiger partial charge in [-0.15, -0.1) is 0 Å². The molecule has 0 atom stereocenters. The molecule has 0 bridgehead atoms. The molecule has 0 spiro atoms. The van der Waals surface area contributed by atoms with Crippen LogP contribution in [0.15, 0.2) is 46.9 Å². The Morgan fingerprint density at radius 3 is 2.43 bits per heavy atom. The van der Waals surface area contributed by atoms with Crippen LogP contribution in [-0.4, -0.2) is 0 Å². The number of aryl methyl sites for hydroxylation is 3. The smallest absolute Gasteiger partial charge is 0.134 e. The number of para-hydroxylation sites is 1. The minimum atomic E-state index is 0.795. The van der Waals surface area contributed by atoms with Crippen LogP contribution >= 0.6 is 0 Å². The summed E-state index contributed by atoms with van der Waals surface area (Å²) in [6.07, 6.45) is 0.915. The third kappa shape index (κ3) is 2.80. The van der Waals surface area contributed by atoms with Crippen LogP contribution in [0.4, 0.5) is 5.69 Å². The van der Waals surface area contributed by atoms with Gasteiger partial charge in [-0.3, -0.25) is 0 Å². The number of benzene rings is 2. The first kappa shape index (κ1) is 13.7. The number of hydrogen-bond donors (Lipinski definition) is 1. The largest absolute Gasteiger partial charge is 0.461 e. The van der Waals surface area contributed by atoms with Crippen LogP contribution in [0.25, 0.3) is 11.0 Å². The van der Waals surface area contributed by atoms with Gasteiger partial charge in [0.25, 0.3) is 0 Å². The van der Waals surface area contributed by atoms with Gasteiger partial charge in [0.1, 0.15) is 11.3 Å². The summed E-state index contributed by atoms with van der Waals surface area (Å²) < 4.78 is 5.94. The van der Waals surface area contributed by atoms with Gasteiger partial charge in [0.05, 0.1) is 0 Å². The highest BCUT2D eigenvalue weighted by Crippen LogP contribution is 2.27. The lowest BCUT2D eigenvalue weighted by Gasteiger charge is -2.09. The van der Waals surface area contributed by atoms with Crippen molar-refractivity contribution >= 4 is 16.7 Å². The summed E-state index contributed by atoms with van der Waals surface area (Å²) in [6.45, 7) is 7.19. The molecular formula is C19H21NO. The quantitative estimate of drug-likeness (QED) is 0.708. The van der Waals surface area contributed by atoms with Crippen molar-refractivity contribution in [1.82, 2.24) is 0 Å². The zero-order chi connectivity index (χ0) is 14.8. The Kier molecular flexibility index (Phi) is 3.70. The van der Waals surface area contributed by atoms with E-state index in [0.29, 0.717) is 0 Å². The lowest BCUT2D eigenvalue weighted by Crippen LogP contribution is -2.01. The summed E-state index contributed by atoms with van der Waals surface area (Å²) in [4.78, 5) is 0. The lowest BCUT2D eigenvalue weighted by atomic mass is 10.1. The molecule has 0 radical (unpaired) electrons. The molecule has 2 nitrogen and oxygen atoms in total. The van der Waals surface area contributed by atoms with Gasteiger partial charge in [-0.05, 0) is 43.2 Å². The SMILES string of the molecule is CCc1oc2ccccc2c1CNc1cc(C)cc(C)c1. The molecule has 0 unspecified atom stereocenters. The monoisotopic (exact) mass is 279 g/mol. The maximum absolute atomic E-state index is 5.94. The first-order valence-electron chi connectivity index (χ1n) is 7.49. The van der Waals surface area contributed by atoms with Crippen molar-refractivity contribution in [3.05, 3.63) is 64.9 Å². The Morgan fingerprint density at radius 2 is 1.71 bits per heavy atom. The molecule has 1 aromatic heterocycles. The van der Waals surface area contributed by atoms with Crippen LogP contribution in [0.3, 0.4) is 0 Å². The van der Waals surface area contributed by atoms with Crippen molar-refractivity contribution in [1.29, 1.82) is 0 Å². The highest BCUT2D eigenvalue weighted by Gasteiger charge is 2.12. The zero-order valence-corrected chi connectivity index (χ0v) is 12.9. The van der Waals surface area contributed by atoms with E-state index in [9.17, 15) is 0 Å². The van der Waals surface area contributed by atoms with Crippen molar-refractivity contribution < 1.29 is 4.42 Å². The van der Waals surface area contributed by atoms with Crippen LogP contribution < -0.4 is 5.32 Å². The van der Waals surface area contributed by atoms with Crippen molar-refractivity contribution in [2.24, 2.45) is 0 Å². The van der Waals surface area contributed by atoms with Gasteiger partial charge < -0.3 is 9.73 Å². The third-order valence-corrected chi connectivity index (χ3v) is 3.79. The molecule has 2 aromatic carbocycles. The van der Waals surface area contributed by atoms with E-state index in [0.717, 1.165) is 24.3 Å². The maximum Gasteiger partial charge on any atom is 0.134 e. The highest BCUT2D eigenvalue weighted by molar-refractivity contribution is 5.82. The predicted octanol–water partition coefficient (Wildman–Crippen LogP) is 5.22. The van der Waals surface area contributed by atoms with Gasteiger partial charge in [0.2, 0.25) is 0 Å². The molecule has 3 rings (SSSR count). The van der Waals surface area contributed by atoms with Crippen molar-refractivity contribution in [3.8, 4) is 0 Å². The maximum atomic E-state index is 5.94. The minimum absolute atomic E-state index is 0.795. The normalized spacial score (nSPS) is 11.0. The molecule has 108 valence electrons. The molecule has 0 aliphatic rings. The fourth-order valence-electron chi connectivity index (χ4n) is 2.90.